The van der Waals surface area contributed by atoms with Crippen molar-refractivity contribution in [2.24, 2.45) is 0 Å². The quantitative estimate of drug-likeness (QED) is 0.808. The Morgan fingerprint density at radius 2 is 2.18 bits per heavy atom. The number of rotatable bonds is 5. The molecule has 2 aromatic heterocycles. The number of aliphatic carboxylic acids is 1. The summed E-state index contributed by atoms with van der Waals surface area (Å²) in [6, 6.07) is -0.654. The molecule has 1 unspecified atom stereocenters. The Kier molecular flexibility index (Phi) is 4.49. The minimum absolute atomic E-state index is 0.161. The molecular weight excluding hydrogens is 322 g/mol. The number of aromatic nitrogens is 2. The zero-order chi connectivity index (χ0) is 15.7. The lowest BCUT2D eigenvalue weighted by atomic mass is 9.97. The average molecular weight is 340 g/mol. The summed E-state index contributed by atoms with van der Waals surface area (Å²) in [4.78, 5) is 22.2. The Hall–Kier alpha value is -1.40. The first-order valence-electron chi connectivity index (χ1n) is 7.57. The molecular formula is C15H18ClN3O2S. The molecule has 118 valence electrons. The normalized spacial score (nSPS) is 15.5. The van der Waals surface area contributed by atoms with Gasteiger partial charge in [-0.25, -0.2) is 14.8 Å². The highest BCUT2D eigenvalue weighted by molar-refractivity contribution is 7.19. The van der Waals surface area contributed by atoms with Crippen LogP contribution in [0.5, 0.6) is 0 Å². The van der Waals surface area contributed by atoms with E-state index in [1.165, 1.54) is 16.9 Å². The van der Waals surface area contributed by atoms with E-state index in [0.717, 1.165) is 35.9 Å². The number of anilines is 1. The zero-order valence-corrected chi connectivity index (χ0v) is 13.9. The van der Waals surface area contributed by atoms with Crippen LogP contribution in [-0.4, -0.2) is 27.1 Å². The van der Waals surface area contributed by atoms with Crippen molar-refractivity contribution < 1.29 is 9.90 Å². The van der Waals surface area contributed by atoms with Crippen LogP contribution in [0.1, 0.15) is 43.0 Å². The fourth-order valence-corrected chi connectivity index (χ4v) is 4.43. The van der Waals surface area contributed by atoms with Crippen LogP contribution in [0.4, 0.5) is 5.82 Å². The monoisotopic (exact) mass is 339 g/mol. The minimum atomic E-state index is -0.867. The van der Waals surface area contributed by atoms with Crippen molar-refractivity contribution in [3.63, 3.8) is 0 Å². The summed E-state index contributed by atoms with van der Waals surface area (Å²) < 4.78 is 0. The van der Waals surface area contributed by atoms with Crippen molar-refractivity contribution >= 4 is 44.9 Å². The van der Waals surface area contributed by atoms with Crippen molar-refractivity contribution in [2.75, 3.05) is 5.32 Å². The Labute approximate surface area is 137 Å². The van der Waals surface area contributed by atoms with Crippen molar-refractivity contribution in [1.82, 2.24) is 9.97 Å². The van der Waals surface area contributed by atoms with Gasteiger partial charge in [0.05, 0.1) is 5.39 Å². The van der Waals surface area contributed by atoms with Gasteiger partial charge in [0.15, 0.2) is 0 Å². The Bertz CT molecular complexity index is 716. The highest BCUT2D eigenvalue weighted by atomic mass is 35.5. The summed E-state index contributed by atoms with van der Waals surface area (Å²) in [5.41, 5.74) is 1.27. The van der Waals surface area contributed by atoms with E-state index in [-0.39, 0.29) is 5.28 Å². The predicted molar refractivity (Wildman–Crippen MR) is 89.0 cm³/mol. The third-order valence-electron chi connectivity index (χ3n) is 3.97. The lowest BCUT2D eigenvalue weighted by Crippen LogP contribution is -2.29. The number of nitrogens with one attached hydrogen (secondary N) is 1. The summed E-state index contributed by atoms with van der Waals surface area (Å²) in [6.45, 7) is 1.96. The standard InChI is InChI=1S/C15H18ClN3O2S/c1-2-5-9(14(20)21)17-12-11-8-6-3-4-7-10(8)22-13(11)19-15(16)18-12/h9H,2-7H2,1H3,(H,20,21)(H,17,18,19). The van der Waals surface area contributed by atoms with Crippen LogP contribution in [0.15, 0.2) is 0 Å². The van der Waals surface area contributed by atoms with Crippen LogP contribution in [0.3, 0.4) is 0 Å². The lowest BCUT2D eigenvalue weighted by Gasteiger charge is -2.16. The van der Waals surface area contributed by atoms with E-state index < -0.39 is 12.0 Å². The first-order valence-corrected chi connectivity index (χ1v) is 8.76. The molecule has 0 bridgehead atoms. The highest BCUT2D eigenvalue weighted by Gasteiger charge is 2.24. The van der Waals surface area contributed by atoms with Crippen LogP contribution in [0.25, 0.3) is 10.2 Å². The van der Waals surface area contributed by atoms with Crippen LogP contribution in [0, 0.1) is 0 Å². The largest absolute Gasteiger partial charge is 0.480 e. The molecule has 1 aliphatic rings. The molecule has 0 spiro atoms. The minimum Gasteiger partial charge on any atom is -0.480 e. The van der Waals surface area contributed by atoms with Crippen LogP contribution in [0.2, 0.25) is 5.28 Å². The second-order valence-corrected chi connectivity index (χ2v) is 6.98. The molecule has 2 N–H and O–H groups in total. The number of hydrogen-bond acceptors (Lipinski definition) is 5. The van der Waals surface area contributed by atoms with Gasteiger partial charge >= 0.3 is 5.97 Å². The maximum Gasteiger partial charge on any atom is 0.326 e. The average Bonchev–Trinajstić information content (AvgIpc) is 2.84. The Balaban J connectivity index is 2.07. The SMILES string of the molecule is CCCC(Nc1nc(Cl)nc2sc3c(c12)CCCC3)C(=O)O. The second kappa shape index (κ2) is 6.38. The first kappa shape index (κ1) is 15.5. The van der Waals surface area contributed by atoms with Crippen LogP contribution in [-0.2, 0) is 17.6 Å². The number of carboxylic acid groups (broad SMARTS) is 1. The molecule has 1 aliphatic carbocycles. The third-order valence-corrected chi connectivity index (χ3v) is 5.33. The summed E-state index contributed by atoms with van der Waals surface area (Å²) >= 11 is 7.68. The molecule has 0 radical (unpaired) electrons. The number of carbonyl (C=O) groups is 1. The van der Waals surface area contributed by atoms with E-state index in [1.54, 1.807) is 11.3 Å². The van der Waals surface area contributed by atoms with Gasteiger partial charge in [-0.15, -0.1) is 11.3 Å². The molecule has 3 rings (SSSR count). The van der Waals surface area contributed by atoms with Gasteiger partial charge in [0.1, 0.15) is 16.7 Å². The van der Waals surface area contributed by atoms with E-state index in [2.05, 4.69) is 15.3 Å². The second-order valence-electron chi connectivity index (χ2n) is 5.56. The molecule has 0 aromatic carbocycles. The van der Waals surface area contributed by atoms with Crippen molar-refractivity contribution in [3.8, 4) is 0 Å². The Morgan fingerprint density at radius 1 is 1.41 bits per heavy atom. The molecule has 1 atom stereocenters. The number of halogens is 1. The van der Waals surface area contributed by atoms with E-state index >= 15 is 0 Å². The topological polar surface area (TPSA) is 75.1 Å². The number of fused-ring (bicyclic) bond motifs is 3. The van der Waals surface area contributed by atoms with Gasteiger partial charge in [0.2, 0.25) is 5.28 Å². The molecule has 5 nitrogen and oxygen atoms in total. The maximum atomic E-state index is 11.4. The summed E-state index contributed by atoms with van der Waals surface area (Å²) in [5, 5.41) is 13.6. The number of hydrogen-bond donors (Lipinski definition) is 2. The molecule has 2 aromatic rings. The van der Waals surface area contributed by atoms with E-state index in [0.29, 0.717) is 12.2 Å². The van der Waals surface area contributed by atoms with Gasteiger partial charge in [-0.1, -0.05) is 13.3 Å². The smallest absolute Gasteiger partial charge is 0.326 e. The number of nitrogens with zero attached hydrogens (tertiary/aromatic N) is 2. The number of thiophene rings is 1. The first-order chi connectivity index (χ1) is 10.6. The van der Waals surface area contributed by atoms with Gasteiger partial charge < -0.3 is 10.4 Å². The molecule has 0 saturated heterocycles. The zero-order valence-electron chi connectivity index (χ0n) is 12.4. The van der Waals surface area contributed by atoms with E-state index in [4.69, 9.17) is 11.6 Å². The maximum absolute atomic E-state index is 11.4. The Morgan fingerprint density at radius 3 is 2.91 bits per heavy atom. The highest BCUT2D eigenvalue weighted by Crippen LogP contribution is 2.39. The fourth-order valence-electron chi connectivity index (χ4n) is 2.95. The van der Waals surface area contributed by atoms with Gasteiger partial charge in [-0.3, -0.25) is 0 Å². The van der Waals surface area contributed by atoms with E-state index in [1.807, 2.05) is 6.92 Å². The number of aryl methyl sites for hydroxylation is 2. The molecule has 0 fully saturated rings. The van der Waals surface area contributed by atoms with Crippen molar-refractivity contribution in [1.29, 1.82) is 0 Å². The van der Waals surface area contributed by atoms with E-state index in [9.17, 15) is 9.90 Å². The van der Waals surface area contributed by atoms with Gasteiger partial charge in [0, 0.05) is 4.88 Å². The van der Waals surface area contributed by atoms with Gasteiger partial charge in [0.25, 0.3) is 0 Å². The van der Waals surface area contributed by atoms with Crippen molar-refractivity contribution in [2.45, 2.75) is 51.5 Å². The molecule has 0 aliphatic heterocycles. The van der Waals surface area contributed by atoms with Crippen LogP contribution < -0.4 is 5.32 Å². The van der Waals surface area contributed by atoms with Crippen molar-refractivity contribution in [3.05, 3.63) is 15.7 Å². The summed E-state index contributed by atoms with van der Waals surface area (Å²) in [7, 11) is 0. The molecule has 0 amide bonds. The van der Waals surface area contributed by atoms with Gasteiger partial charge in [-0.05, 0) is 49.3 Å². The lowest BCUT2D eigenvalue weighted by molar-refractivity contribution is -0.138. The predicted octanol–water partition coefficient (Wildman–Crippen LogP) is 3.89. The molecule has 2 heterocycles. The fraction of sp³-hybridized carbons (Fsp3) is 0.533. The third kappa shape index (κ3) is 2.90. The van der Waals surface area contributed by atoms with Crippen LogP contribution >= 0.6 is 22.9 Å². The molecule has 22 heavy (non-hydrogen) atoms. The summed E-state index contributed by atoms with van der Waals surface area (Å²) in [6.07, 6.45) is 5.74. The molecule has 7 heteroatoms. The summed E-state index contributed by atoms with van der Waals surface area (Å²) in [5.74, 6) is -0.302. The molecule has 0 saturated carbocycles. The number of carboxylic acids is 1. The van der Waals surface area contributed by atoms with Gasteiger partial charge in [-0.2, -0.15) is 0 Å².